The molecule has 0 aliphatic carbocycles. The Morgan fingerprint density at radius 1 is 1.41 bits per heavy atom. The summed E-state index contributed by atoms with van der Waals surface area (Å²) in [6, 6.07) is 0.0302. The SMILES string of the molecule is CC(C)N(CCBr)C(=O)CCOCC(F)(F)F. The molecule has 0 spiro atoms. The lowest BCUT2D eigenvalue weighted by Gasteiger charge is -2.26. The summed E-state index contributed by atoms with van der Waals surface area (Å²) in [6.07, 6.45) is -4.36. The fourth-order valence-electron chi connectivity index (χ4n) is 1.25. The van der Waals surface area contributed by atoms with Crippen LogP contribution in [0.2, 0.25) is 0 Å². The number of halogens is 4. The Hall–Kier alpha value is -0.300. The van der Waals surface area contributed by atoms with Crippen molar-refractivity contribution in [2.24, 2.45) is 0 Å². The van der Waals surface area contributed by atoms with Gasteiger partial charge in [0.15, 0.2) is 0 Å². The quantitative estimate of drug-likeness (QED) is 0.533. The summed E-state index contributed by atoms with van der Waals surface area (Å²) in [6.45, 7) is 2.74. The van der Waals surface area contributed by atoms with Crippen molar-refractivity contribution in [3.8, 4) is 0 Å². The second kappa shape index (κ2) is 7.92. The molecule has 7 heteroatoms. The van der Waals surface area contributed by atoms with Gasteiger partial charge in [-0.1, -0.05) is 15.9 Å². The van der Waals surface area contributed by atoms with Crippen molar-refractivity contribution in [1.82, 2.24) is 4.90 Å². The van der Waals surface area contributed by atoms with Crippen molar-refractivity contribution in [1.29, 1.82) is 0 Å². The molecule has 0 bridgehead atoms. The highest BCUT2D eigenvalue weighted by Crippen LogP contribution is 2.14. The van der Waals surface area contributed by atoms with E-state index in [1.807, 2.05) is 13.8 Å². The van der Waals surface area contributed by atoms with Crippen LogP contribution >= 0.6 is 15.9 Å². The molecule has 0 heterocycles. The van der Waals surface area contributed by atoms with Gasteiger partial charge in [0.1, 0.15) is 6.61 Å². The molecule has 0 aromatic rings. The van der Waals surface area contributed by atoms with Crippen LogP contribution in [0.4, 0.5) is 13.2 Å². The standard InChI is InChI=1S/C10H17BrF3NO2/c1-8(2)15(5-4-11)9(16)3-6-17-7-10(12,13)14/h8H,3-7H2,1-2H3. The molecule has 1 amide bonds. The van der Waals surface area contributed by atoms with Gasteiger partial charge in [-0.25, -0.2) is 0 Å². The van der Waals surface area contributed by atoms with E-state index in [4.69, 9.17) is 0 Å². The van der Waals surface area contributed by atoms with Crippen LogP contribution in [0.5, 0.6) is 0 Å². The van der Waals surface area contributed by atoms with Crippen LogP contribution in [0.1, 0.15) is 20.3 Å². The van der Waals surface area contributed by atoms with Crippen molar-refractivity contribution in [3.05, 3.63) is 0 Å². The highest BCUT2D eigenvalue weighted by atomic mass is 79.9. The summed E-state index contributed by atoms with van der Waals surface area (Å²) >= 11 is 3.22. The normalized spacial score (nSPS) is 11.9. The monoisotopic (exact) mass is 319 g/mol. The van der Waals surface area contributed by atoms with E-state index in [0.717, 1.165) is 0 Å². The number of carbonyl (C=O) groups is 1. The highest BCUT2D eigenvalue weighted by molar-refractivity contribution is 9.09. The Labute approximate surface area is 107 Å². The largest absolute Gasteiger partial charge is 0.411 e. The van der Waals surface area contributed by atoms with Gasteiger partial charge in [0, 0.05) is 17.9 Å². The first-order valence-corrected chi connectivity index (χ1v) is 6.40. The Balaban J connectivity index is 3.91. The van der Waals surface area contributed by atoms with E-state index in [2.05, 4.69) is 20.7 Å². The Morgan fingerprint density at radius 2 is 2.00 bits per heavy atom. The van der Waals surface area contributed by atoms with Gasteiger partial charge in [0.2, 0.25) is 5.91 Å². The van der Waals surface area contributed by atoms with Crippen LogP contribution in [0.25, 0.3) is 0 Å². The molecule has 0 fully saturated rings. The molecule has 0 aromatic heterocycles. The topological polar surface area (TPSA) is 29.5 Å². The number of carbonyl (C=O) groups excluding carboxylic acids is 1. The highest BCUT2D eigenvalue weighted by Gasteiger charge is 2.27. The zero-order valence-electron chi connectivity index (χ0n) is 9.89. The smallest absolute Gasteiger partial charge is 0.372 e. The molecular weight excluding hydrogens is 303 g/mol. The van der Waals surface area contributed by atoms with Crippen molar-refractivity contribution >= 4 is 21.8 Å². The molecular formula is C10H17BrF3NO2. The number of nitrogens with zero attached hydrogens (tertiary/aromatic N) is 1. The second-order valence-corrected chi connectivity index (χ2v) is 4.58. The van der Waals surface area contributed by atoms with E-state index in [1.165, 1.54) is 0 Å². The Kier molecular flexibility index (Phi) is 7.78. The number of alkyl halides is 4. The second-order valence-electron chi connectivity index (χ2n) is 3.79. The Bertz CT molecular complexity index is 234. The van der Waals surface area contributed by atoms with Gasteiger partial charge >= 0.3 is 6.18 Å². The van der Waals surface area contributed by atoms with Gasteiger partial charge in [0.25, 0.3) is 0 Å². The van der Waals surface area contributed by atoms with E-state index >= 15 is 0 Å². The fraction of sp³-hybridized carbons (Fsp3) is 0.900. The van der Waals surface area contributed by atoms with Crippen LogP contribution in [0.15, 0.2) is 0 Å². The number of ether oxygens (including phenoxy) is 1. The predicted molar refractivity (Wildman–Crippen MR) is 62.1 cm³/mol. The lowest BCUT2D eigenvalue weighted by molar-refractivity contribution is -0.175. The third-order valence-electron chi connectivity index (χ3n) is 2.00. The molecule has 0 saturated heterocycles. The van der Waals surface area contributed by atoms with Gasteiger partial charge in [-0.3, -0.25) is 4.79 Å². The lowest BCUT2D eigenvalue weighted by Crippen LogP contribution is -2.38. The third kappa shape index (κ3) is 8.43. The molecule has 0 unspecified atom stereocenters. The zero-order chi connectivity index (χ0) is 13.5. The first-order chi connectivity index (χ1) is 7.78. The van der Waals surface area contributed by atoms with E-state index < -0.39 is 12.8 Å². The van der Waals surface area contributed by atoms with Crippen molar-refractivity contribution in [3.63, 3.8) is 0 Å². The maximum Gasteiger partial charge on any atom is 0.411 e. The molecule has 0 radical (unpaired) electrons. The maximum absolute atomic E-state index is 11.8. The average Bonchev–Trinajstić information content (AvgIpc) is 2.18. The molecule has 0 aromatic carbocycles. The number of amides is 1. The minimum absolute atomic E-state index is 0.0265. The summed E-state index contributed by atoms with van der Waals surface area (Å²) in [7, 11) is 0. The average molecular weight is 320 g/mol. The van der Waals surface area contributed by atoms with Gasteiger partial charge in [-0.05, 0) is 13.8 Å². The van der Waals surface area contributed by atoms with Crippen LogP contribution in [0, 0.1) is 0 Å². The van der Waals surface area contributed by atoms with Crippen molar-refractivity contribution < 1.29 is 22.7 Å². The summed E-state index contributed by atoms with van der Waals surface area (Å²) in [5, 5.41) is 0.639. The molecule has 17 heavy (non-hydrogen) atoms. The summed E-state index contributed by atoms with van der Waals surface area (Å²) < 4.78 is 39.7. The van der Waals surface area contributed by atoms with Crippen molar-refractivity contribution in [2.45, 2.75) is 32.5 Å². The molecule has 0 atom stereocenters. The summed E-state index contributed by atoms with van der Waals surface area (Å²) in [5.74, 6) is -0.193. The summed E-state index contributed by atoms with van der Waals surface area (Å²) in [4.78, 5) is 13.2. The number of hydrogen-bond donors (Lipinski definition) is 0. The number of hydrogen-bond acceptors (Lipinski definition) is 2. The minimum atomic E-state index is -4.34. The third-order valence-corrected chi connectivity index (χ3v) is 2.35. The molecule has 0 aliphatic rings. The molecule has 102 valence electrons. The van der Waals surface area contributed by atoms with Gasteiger partial charge in [-0.2, -0.15) is 13.2 Å². The van der Waals surface area contributed by atoms with E-state index in [-0.39, 0.29) is 25.0 Å². The van der Waals surface area contributed by atoms with E-state index in [9.17, 15) is 18.0 Å². The van der Waals surface area contributed by atoms with Crippen molar-refractivity contribution in [2.75, 3.05) is 25.1 Å². The lowest BCUT2D eigenvalue weighted by atomic mass is 10.3. The minimum Gasteiger partial charge on any atom is -0.372 e. The molecule has 0 N–H and O–H groups in total. The van der Waals surface area contributed by atoms with Gasteiger partial charge in [-0.15, -0.1) is 0 Å². The molecule has 0 aliphatic heterocycles. The Morgan fingerprint density at radius 3 is 2.41 bits per heavy atom. The van der Waals surface area contributed by atoms with Gasteiger partial charge < -0.3 is 9.64 Å². The van der Waals surface area contributed by atoms with E-state index in [0.29, 0.717) is 11.9 Å². The predicted octanol–water partition coefficient (Wildman–Crippen LogP) is 2.59. The fourth-order valence-corrected chi connectivity index (χ4v) is 1.63. The zero-order valence-corrected chi connectivity index (χ0v) is 11.5. The van der Waals surface area contributed by atoms with Crippen LogP contribution in [-0.2, 0) is 9.53 Å². The van der Waals surface area contributed by atoms with Crippen LogP contribution in [-0.4, -0.2) is 48.1 Å². The van der Waals surface area contributed by atoms with E-state index in [1.54, 1.807) is 4.90 Å². The van der Waals surface area contributed by atoms with Crippen LogP contribution in [0.3, 0.4) is 0 Å². The first kappa shape index (κ1) is 16.7. The van der Waals surface area contributed by atoms with Gasteiger partial charge in [0.05, 0.1) is 13.0 Å². The molecule has 0 saturated carbocycles. The first-order valence-electron chi connectivity index (χ1n) is 5.28. The maximum atomic E-state index is 11.8. The summed E-state index contributed by atoms with van der Waals surface area (Å²) in [5.41, 5.74) is 0. The molecule has 0 rings (SSSR count). The molecule has 3 nitrogen and oxygen atoms in total. The van der Waals surface area contributed by atoms with Crippen LogP contribution < -0.4 is 0 Å². The number of rotatable bonds is 7.